The number of carbonyl (C=O) groups is 4. The molecule has 2 heterocycles. The van der Waals surface area contributed by atoms with Gasteiger partial charge in [0.25, 0.3) is 0 Å². The summed E-state index contributed by atoms with van der Waals surface area (Å²) in [6.45, 7) is 7.93. The minimum Gasteiger partial charge on any atom is -0.463 e. The SMILES string of the molecule is CCCCCC/C=C\CCCCCCCCCC(=O)OCC1OC(OC2C(OC(=O)CCCCCCCCCCCCCCCCC)C(O)C(O)C(OC3OC(CO)C(O)C(O)C3O)C2OP(=O)(O)OCC(COC(=O)CCCCCCCCCCCCCCC)OC(=O)CCCCCCCCC(C)CCCCCCCC)C(O)C(O)C1O. The zero-order valence-corrected chi connectivity index (χ0v) is 75.0. The summed E-state index contributed by atoms with van der Waals surface area (Å²) >= 11 is 0. The highest BCUT2D eigenvalue weighted by atomic mass is 31.2. The Hall–Kier alpha value is -2.79. The maximum Gasteiger partial charge on any atom is 0.472 e. The van der Waals surface area contributed by atoms with Crippen molar-refractivity contribution in [1.82, 2.24) is 0 Å². The summed E-state index contributed by atoms with van der Waals surface area (Å²) in [6.07, 6.45) is 27.7. The van der Waals surface area contributed by atoms with Crippen molar-refractivity contribution in [1.29, 1.82) is 0 Å². The minimum atomic E-state index is -5.81. The van der Waals surface area contributed by atoms with Gasteiger partial charge in [-0.25, -0.2) is 4.57 Å². The summed E-state index contributed by atoms with van der Waals surface area (Å²) < 4.78 is 73.5. The second-order valence-electron chi connectivity index (χ2n) is 34.5. The van der Waals surface area contributed by atoms with Crippen LogP contribution in [0.25, 0.3) is 0 Å². The van der Waals surface area contributed by atoms with Gasteiger partial charge in [-0.15, -0.1) is 0 Å². The predicted molar refractivity (Wildman–Crippen MR) is 458 cm³/mol. The zero-order valence-electron chi connectivity index (χ0n) is 74.1. The average molecular weight is 1710 g/mol. The molecule has 0 aromatic rings. The van der Waals surface area contributed by atoms with Gasteiger partial charge in [-0.05, 0) is 57.3 Å². The summed E-state index contributed by atoms with van der Waals surface area (Å²) in [5.74, 6) is -2.28. The van der Waals surface area contributed by atoms with Gasteiger partial charge in [0.1, 0.15) is 92.6 Å². The van der Waals surface area contributed by atoms with E-state index in [0.29, 0.717) is 38.0 Å². The summed E-state index contributed by atoms with van der Waals surface area (Å²) in [6, 6.07) is 0. The van der Waals surface area contributed by atoms with Crippen LogP contribution in [0.15, 0.2) is 12.2 Å². The number of hydrogen-bond acceptors (Lipinski definition) is 24. The number of aliphatic hydroxyl groups is 9. The summed E-state index contributed by atoms with van der Waals surface area (Å²) in [5.41, 5.74) is 0. The van der Waals surface area contributed by atoms with Crippen LogP contribution in [0.1, 0.15) is 413 Å². The van der Waals surface area contributed by atoms with Crippen molar-refractivity contribution in [2.24, 2.45) is 5.92 Å². The van der Waals surface area contributed by atoms with Crippen LogP contribution in [-0.4, -0.2) is 205 Å². The molecule has 3 fully saturated rings. The highest BCUT2D eigenvalue weighted by molar-refractivity contribution is 7.47. The van der Waals surface area contributed by atoms with E-state index in [4.69, 9.17) is 46.9 Å². The molecular weight excluding hydrogens is 1540 g/mol. The second kappa shape index (κ2) is 70.4. The van der Waals surface area contributed by atoms with Gasteiger partial charge in [-0.2, -0.15) is 0 Å². The van der Waals surface area contributed by atoms with E-state index < -0.39 is 162 Å². The molecule has 19 atom stereocenters. The zero-order chi connectivity index (χ0) is 86.2. The smallest absolute Gasteiger partial charge is 0.463 e. The van der Waals surface area contributed by atoms with Crippen LogP contribution in [0.2, 0.25) is 0 Å². The molecule has 118 heavy (non-hydrogen) atoms. The molecule has 2 saturated heterocycles. The van der Waals surface area contributed by atoms with Gasteiger partial charge >= 0.3 is 31.7 Å². The van der Waals surface area contributed by atoms with Gasteiger partial charge in [0.05, 0.1) is 13.2 Å². The number of aliphatic hydroxyl groups excluding tert-OH is 9. The first-order chi connectivity index (χ1) is 57.1. The Morgan fingerprint density at radius 1 is 0.356 bits per heavy atom. The Labute approximate surface area is 712 Å². The van der Waals surface area contributed by atoms with Gasteiger partial charge in [0.15, 0.2) is 24.8 Å². The summed E-state index contributed by atoms with van der Waals surface area (Å²) in [5, 5.41) is 102. The average Bonchev–Trinajstić information content (AvgIpc) is 0.754. The first kappa shape index (κ1) is 109. The molecule has 3 aliphatic rings. The van der Waals surface area contributed by atoms with Crippen LogP contribution in [0.4, 0.5) is 0 Å². The van der Waals surface area contributed by atoms with E-state index in [-0.39, 0.29) is 25.7 Å². The summed E-state index contributed by atoms with van der Waals surface area (Å²) in [7, 11) is -5.81. The van der Waals surface area contributed by atoms with Crippen LogP contribution in [0.5, 0.6) is 0 Å². The van der Waals surface area contributed by atoms with Crippen molar-refractivity contribution in [3.05, 3.63) is 12.2 Å². The molecule has 0 radical (unpaired) electrons. The minimum absolute atomic E-state index is 0.0107. The number of carbonyl (C=O) groups excluding carboxylic acids is 4. The van der Waals surface area contributed by atoms with Gasteiger partial charge in [0.2, 0.25) is 0 Å². The normalized spacial score (nSPS) is 25.2. The molecule has 0 amide bonds. The highest BCUT2D eigenvalue weighted by Gasteiger charge is 2.60. The Morgan fingerprint density at radius 2 is 0.686 bits per heavy atom. The van der Waals surface area contributed by atoms with Crippen LogP contribution >= 0.6 is 7.82 Å². The molecule has 19 unspecified atom stereocenters. The van der Waals surface area contributed by atoms with Crippen molar-refractivity contribution in [2.45, 2.75) is 518 Å². The number of allylic oxidation sites excluding steroid dienone is 2. The molecule has 0 spiro atoms. The number of ether oxygens (including phenoxy) is 8. The fourth-order valence-corrected chi connectivity index (χ4v) is 16.9. The number of hydrogen-bond donors (Lipinski definition) is 10. The Kier molecular flexibility index (Phi) is 65.2. The van der Waals surface area contributed by atoms with Crippen molar-refractivity contribution >= 4 is 31.7 Å². The fourth-order valence-electron chi connectivity index (χ4n) is 16.0. The molecule has 0 aromatic carbocycles. The molecule has 1 aliphatic carbocycles. The number of phosphoric ester groups is 1. The van der Waals surface area contributed by atoms with Crippen LogP contribution in [0.3, 0.4) is 0 Å². The van der Waals surface area contributed by atoms with Crippen molar-refractivity contribution in [3.63, 3.8) is 0 Å². The maximum atomic E-state index is 14.9. The lowest BCUT2D eigenvalue weighted by Gasteiger charge is -2.50. The van der Waals surface area contributed by atoms with Gasteiger partial charge in [-0.1, -0.05) is 349 Å². The lowest BCUT2D eigenvalue weighted by atomic mass is 9.84. The second-order valence-corrected chi connectivity index (χ2v) is 35.9. The van der Waals surface area contributed by atoms with E-state index in [1.807, 2.05) is 0 Å². The third kappa shape index (κ3) is 50.4. The monoisotopic (exact) mass is 1710 g/mol. The van der Waals surface area contributed by atoms with Crippen molar-refractivity contribution in [3.8, 4) is 0 Å². The number of phosphoric acid groups is 1. The van der Waals surface area contributed by atoms with Crippen molar-refractivity contribution < 1.29 is 122 Å². The van der Waals surface area contributed by atoms with Crippen molar-refractivity contribution in [2.75, 3.05) is 26.4 Å². The lowest BCUT2D eigenvalue weighted by molar-refractivity contribution is -0.360. The fraction of sp³-hybridized carbons (Fsp3) is 0.935. The molecular formula is C92H171O25P. The van der Waals surface area contributed by atoms with Crippen LogP contribution < -0.4 is 0 Å². The van der Waals surface area contributed by atoms with Crippen LogP contribution in [-0.2, 0) is 70.7 Å². The largest absolute Gasteiger partial charge is 0.472 e. The van der Waals surface area contributed by atoms with E-state index >= 15 is 0 Å². The topological polar surface area (TPSA) is 380 Å². The Bertz CT molecular complexity index is 2520. The first-order valence-electron chi connectivity index (χ1n) is 47.8. The maximum absolute atomic E-state index is 14.9. The number of rotatable bonds is 77. The Morgan fingerprint density at radius 3 is 1.10 bits per heavy atom. The first-order valence-corrected chi connectivity index (χ1v) is 49.3. The van der Waals surface area contributed by atoms with Crippen LogP contribution in [0, 0.1) is 5.92 Å². The lowest BCUT2D eigenvalue weighted by Crippen LogP contribution is -2.70. The van der Waals surface area contributed by atoms with Gasteiger partial charge < -0.3 is 88.7 Å². The molecule has 0 aromatic heterocycles. The number of unbranched alkanes of at least 4 members (excludes halogenated alkanes) is 47. The molecule has 25 nitrogen and oxygen atoms in total. The molecule has 2 aliphatic heterocycles. The predicted octanol–water partition coefficient (Wildman–Crippen LogP) is 17.8. The highest BCUT2D eigenvalue weighted by Crippen LogP contribution is 2.49. The molecule has 10 N–H and O–H groups in total. The molecule has 694 valence electrons. The quantitative estimate of drug-likeness (QED) is 0.00889. The van der Waals surface area contributed by atoms with E-state index in [1.54, 1.807) is 0 Å². The third-order valence-corrected chi connectivity index (χ3v) is 24.7. The molecule has 1 saturated carbocycles. The van der Waals surface area contributed by atoms with E-state index in [0.717, 1.165) is 148 Å². The molecule has 26 heteroatoms. The van der Waals surface area contributed by atoms with Gasteiger partial charge in [-0.3, -0.25) is 28.2 Å². The van der Waals surface area contributed by atoms with E-state index in [1.165, 1.54) is 173 Å². The van der Waals surface area contributed by atoms with E-state index in [2.05, 4.69) is 46.8 Å². The van der Waals surface area contributed by atoms with Gasteiger partial charge in [0, 0.05) is 25.7 Å². The van der Waals surface area contributed by atoms with E-state index in [9.17, 15) is 74.6 Å². The number of esters is 4. The third-order valence-electron chi connectivity index (χ3n) is 23.7. The molecule has 3 rings (SSSR count). The summed E-state index contributed by atoms with van der Waals surface area (Å²) in [4.78, 5) is 66.5. The Balaban J connectivity index is 1.92. The standard InChI is InChI=1S/C92H171O25P/c1-6-10-14-18-22-25-28-31-33-36-39-42-45-52-58-64-76(95)109-70-74-80(99)82(101)86(105)92(113-74)116-89-87(114-78(97)66-60-53-46-43-40-37-34-32-29-26-23-19-15-11-7-2)83(102)84(103)88(115-91-85(104)81(100)79(98)73(67-93)112-91)90(89)117-118(106,107)110-69-72(68-108-75(94)63-57-51-44-41-38-35-30-27-24-20-16-12-8-3)111-77(96)65-59-54-48-47-50-56-62-71(5)61-55-49-21-17-13-9-4/h25,28,71-74,79-93,98-105H,6-24,26-27,29-70H2,1-5H3,(H,106,107)/b28-25-. The molecule has 0 bridgehead atoms.